The summed E-state index contributed by atoms with van der Waals surface area (Å²) in [5, 5.41) is 11.6. The molecule has 0 unspecified atom stereocenters. The third kappa shape index (κ3) is 3.23. The van der Waals surface area contributed by atoms with Crippen molar-refractivity contribution in [1.82, 2.24) is 0 Å². The summed E-state index contributed by atoms with van der Waals surface area (Å²) in [5.41, 5.74) is 0.0571. The molecule has 0 aromatic heterocycles. The number of carbonyl (C=O) groups excluding carboxylic acids is 1. The fourth-order valence-corrected chi connectivity index (χ4v) is 1.26. The Balaban J connectivity index is 3.00. The zero-order chi connectivity index (χ0) is 13.9. The zero-order valence-electron chi connectivity index (χ0n) is 10.9. The first-order valence-corrected chi connectivity index (χ1v) is 5.48. The van der Waals surface area contributed by atoms with Crippen LogP contribution in [0.3, 0.4) is 0 Å². The highest BCUT2D eigenvalue weighted by molar-refractivity contribution is 5.96. The number of ether oxygens (including phenoxy) is 1. The number of benzene rings is 1. The summed E-state index contributed by atoms with van der Waals surface area (Å²) in [6, 6.07) is 4.43. The number of methoxy groups -OCH3 is 1. The minimum Gasteiger partial charge on any atom is -0.496 e. The van der Waals surface area contributed by atoms with Crippen molar-refractivity contribution in [3.8, 4) is 5.75 Å². The van der Waals surface area contributed by atoms with Crippen LogP contribution in [0.5, 0.6) is 5.75 Å². The molecule has 0 spiro atoms. The van der Waals surface area contributed by atoms with Crippen LogP contribution in [0.1, 0.15) is 31.1 Å². The van der Waals surface area contributed by atoms with Crippen molar-refractivity contribution in [3.05, 3.63) is 23.8 Å². The molecule has 98 valence electrons. The van der Waals surface area contributed by atoms with Crippen molar-refractivity contribution in [2.45, 2.75) is 20.8 Å². The van der Waals surface area contributed by atoms with Crippen molar-refractivity contribution < 1.29 is 19.4 Å². The predicted octanol–water partition coefficient (Wildman–Crippen LogP) is 2.38. The van der Waals surface area contributed by atoms with Gasteiger partial charge in [-0.05, 0) is 12.1 Å². The second-order valence-electron chi connectivity index (χ2n) is 4.92. The van der Waals surface area contributed by atoms with Crippen LogP contribution in [-0.4, -0.2) is 24.1 Å². The van der Waals surface area contributed by atoms with E-state index in [1.807, 2.05) is 0 Å². The number of carboxylic acids is 1. The molecule has 1 aromatic rings. The average molecular weight is 251 g/mol. The molecule has 18 heavy (non-hydrogen) atoms. The molecule has 0 bridgehead atoms. The Hall–Kier alpha value is -2.04. The molecule has 1 rings (SSSR count). The van der Waals surface area contributed by atoms with Gasteiger partial charge in [-0.2, -0.15) is 0 Å². The van der Waals surface area contributed by atoms with Gasteiger partial charge >= 0.3 is 5.97 Å². The highest BCUT2D eigenvalue weighted by Gasteiger charge is 2.21. The minimum absolute atomic E-state index is 0.0613. The van der Waals surface area contributed by atoms with Crippen LogP contribution in [-0.2, 0) is 4.79 Å². The molecule has 0 aliphatic rings. The molecule has 1 amide bonds. The number of amides is 1. The third-order valence-electron chi connectivity index (χ3n) is 2.37. The van der Waals surface area contributed by atoms with Gasteiger partial charge in [0.1, 0.15) is 11.3 Å². The van der Waals surface area contributed by atoms with Crippen LogP contribution in [0, 0.1) is 5.41 Å². The van der Waals surface area contributed by atoms with Crippen molar-refractivity contribution in [2.24, 2.45) is 5.41 Å². The Labute approximate surface area is 106 Å². The Kier molecular flexibility index (Phi) is 3.96. The van der Waals surface area contributed by atoms with E-state index in [9.17, 15) is 9.59 Å². The molecule has 5 heteroatoms. The number of carboxylic acid groups (broad SMARTS) is 1. The topological polar surface area (TPSA) is 75.6 Å². The molecule has 0 fully saturated rings. The van der Waals surface area contributed by atoms with Gasteiger partial charge in [0.15, 0.2) is 0 Å². The van der Waals surface area contributed by atoms with Gasteiger partial charge in [-0.3, -0.25) is 4.79 Å². The Morgan fingerprint density at radius 2 is 1.89 bits per heavy atom. The summed E-state index contributed by atoms with van der Waals surface area (Å²) in [6.07, 6.45) is 0. The first kappa shape index (κ1) is 14.0. The van der Waals surface area contributed by atoms with Crippen LogP contribution in [0.15, 0.2) is 18.2 Å². The van der Waals surface area contributed by atoms with E-state index in [-0.39, 0.29) is 17.2 Å². The van der Waals surface area contributed by atoms with Gasteiger partial charge in [-0.15, -0.1) is 0 Å². The maximum atomic E-state index is 11.8. The van der Waals surface area contributed by atoms with E-state index in [0.717, 1.165) is 0 Å². The maximum absolute atomic E-state index is 11.8. The molecule has 0 saturated heterocycles. The van der Waals surface area contributed by atoms with E-state index in [2.05, 4.69) is 5.32 Å². The molecule has 0 heterocycles. The second-order valence-corrected chi connectivity index (χ2v) is 4.92. The average Bonchev–Trinajstić information content (AvgIpc) is 2.27. The lowest BCUT2D eigenvalue weighted by Crippen LogP contribution is -2.27. The fourth-order valence-electron chi connectivity index (χ4n) is 1.26. The Bertz CT molecular complexity index is 474. The van der Waals surface area contributed by atoms with Crippen molar-refractivity contribution in [2.75, 3.05) is 12.4 Å². The van der Waals surface area contributed by atoms with Crippen molar-refractivity contribution in [3.63, 3.8) is 0 Å². The maximum Gasteiger partial charge on any atom is 0.339 e. The Morgan fingerprint density at radius 1 is 1.28 bits per heavy atom. The molecule has 0 aliphatic carbocycles. The van der Waals surface area contributed by atoms with Gasteiger partial charge in [0.05, 0.1) is 7.11 Å². The lowest BCUT2D eigenvalue weighted by atomic mass is 9.95. The van der Waals surface area contributed by atoms with E-state index in [1.165, 1.54) is 25.3 Å². The number of hydrogen-bond acceptors (Lipinski definition) is 3. The van der Waals surface area contributed by atoms with Crippen molar-refractivity contribution in [1.29, 1.82) is 0 Å². The quantitative estimate of drug-likeness (QED) is 0.864. The van der Waals surface area contributed by atoms with Crippen LogP contribution in [0.4, 0.5) is 5.69 Å². The van der Waals surface area contributed by atoms with Crippen LogP contribution < -0.4 is 10.1 Å². The normalized spacial score (nSPS) is 10.9. The van der Waals surface area contributed by atoms with E-state index in [4.69, 9.17) is 9.84 Å². The smallest absolute Gasteiger partial charge is 0.339 e. The number of rotatable bonds is 3. The highest BCUT2D eigenvalue weighted by Crippen LogP contribution is 2.24. The predicted molar refractivity (Wildman–Crippen MR) is 68.0 cm³/mol. The molecule has 2 N–H and O–H groups in total. The molecule has 0 aliphatic heterocycles. The molecule has 0 radical (unpaired) electrons. The zero-order valence-corrected chi connectivity index (χ0v) is 10.9. The summed E-state index contributed by atoms with van der Waals surface area (Å²) in [4.78, 5) is 22.7. The van der Waals surface area contributed by atoms with E-state index in [1.54, 1.807) is 20.8 Å². The second kappa shape index (κ2) is 5.08. The molecule has 5 nitrogen and oxygen atoms in total. The van der Waals surface area contributed by atoms with Gasteiger partial charge < -0.3 is 15.2 Å². The number of anilines is 1. The first-order chi connectivity index (χ1) is 8.25. The monoisotopic (exact) mass is 251 g/mol. The third-order valence-corrected chi connectivity index (χ3v) is 2.37. The van der Waals surface area contributed by atoms with Crippen LogP contribution in [0.25, 0.3) is 0 Å². The molecule has 0 atom stereocenters. The number of carbonyl (C=O) groups is 2. The largest absolute Gasteiger partial charge is 0.496 e. The van der Waals surface area contributed by atoms with Crippen molar-refractivity contribution >= 4 is 17.6 Å². The van der Waals surface area contributed by atoms with E-state index >= 15 is 0 Å². The Morgan fingerprint density at radius 3 is 2.33 bits per heavy atom. The van der Waals surface area contributed by atoms with Crippen LogP contribution in [0.2, 0.25) is 0 Å². The highest BCUT2D eigenvalue weighted by atomic mass is 16.5. The van der Waals surface area contributed by atoms with E-state index < -0.39 is 11.4 Å². The number of hydrogen-bond donors (Lipinski definition) is 2. The van der Waals surface area contributed by atoms with Gasteiger partial charge in [-0.1, -0.05) is 20.8 Å². The summed E-state index contributed by atoms with van der Waals surface area (Å²) in [7, 11) is 1.39. The molecular formula is C13H17NO4. The summed E-state index contributed by atoms with van der Waals surface area (Å²) in [5.74, 6) is -0.998. The van der Waals surface area contributed by atoms with Gasteiger partial charge in [0.25, 0.3) is 0 Å². The minimum atomic E-state index is -1.07. The first-order valence-electron chi connectivity index (χ1n) is 5.48. The molecular weight excluding hydrogens is 234 g/mol. The number of nitrogens with one attached hydrogen (secondary N) is 1. The van der Waals surface area contributed by atoms with E-state index in [0.29, 0.717) is 5.69 Å². The number of aromatic carboxylic acids is 1. The summed E-state index contributed by atoms with van der Waals surface area (Å²) < 4.78 is 4.98. The standard InChI is InChI=1S/C13H17NO4/c1-13(2,3)12(17)14-8-5-6-9(11(15)16)10(7-8)18-4/h5-7H,1-4H3,(H,14,17)(H,15,16). The van der Waals surface area contributed by atoms with Gasteiger partial charge in [-0.25, -0.2) is 4.79 Å². The lowest BCUT2D eigenvalue weighted by molar-refractivity contribution is -0.123. The molecule has 1 aromatic carbocycles. The van der Waals surface area contributed by atoms with Gasteiger partial charge in [0, 0.05) is 17.2 Å². The van der Waals surface area contributed by atoms with Crippen LogP contribution >= 0.6 is 0 Å². The SMILES string of the molecule is COc1cc(NC(=O)C(C)(C)C)ccc1C(=O)O. The summed E-state index contributed by atoms with van der Waals surface area (Å²) >= 11 is 0. The fraction of sp³-hybridized carbons (Fsp3) is 0.385. The lowest BCUT2D eigenvalue weighted by Gasteiger charge is -2.18. The van der Waals surface area contributed by atoms with Gasteiger partial charge in [0.2, 0.25) is 5.91 Å². The summed E-state index contributed by atoms with van der Waals surface area (Å²) in [6.45, 7) is 5.39. The molecule has 0 saturated carbocycles.